The van der Waals surface area contributed by atoms with E-state index in [0.29, 0.717) is 17.9 Å². The van der Waals surface area contributed by atoms with Gasteiger partial charge in [-0.1, -0.05) is 38.7 Å². The van der Waals surface area contributed by atoms with Crippen molar-refractivity contribution < 1.29 is 14.3 Å². The summed E-state index contributed by atoms with van der Waals surface area (Å²) >= 11 is 0. The second kappa shape index (κ2) is 11.2. The number of rotatable bonds is 11. The molecule has 0 saturated heterocycles. The van der Waals surface area contributed by atoms with Crippen LogP contribution in [0.15, 0.2) is 48.5 Å². The van der Waals surface area contributed by atoms with Crippen LogP contribution in [0.5, 0.6) is 11.5 Å². The van der Waals surface area contributed by atoms with Crippen LogP contribution in [0.2, 0.25) is 0 Å². The van der Waals surface area contributed by atoms with Crippen LogP contribution in [0.3, 0.4) is 0 Å². The Bertz CT molecular complexity index is 667. The molecule has 0 aliphatic heterocycles. The molecule has 0 atom stereocenters. The lowest BCUT2D eigenvalue weighted by atomic mass is 10.1. The number of carbonyl (C=O) groups is 1. The molecule has 0 heterocycles. The average molecular weight is 355 g/mol. The van der Waals surface area contributed by atoms with E-state index in [1.807, 2.05) is 43.3 Å². The Morgan fingerprint density at radius 2 is 1.65 bits per heavy atom. The first kappa shape index (κ1) is 19.8. The van der Waals surface area contributed by atoms with Gasteiger partial charge in [0.05, 0.1) is 13.2 Å². The predicted octanol–water partition coefficient (Wildman–Crippen LogP) is 5.69. The maximum atomic E-state index is 12.4. The zero-order valence-electron chi connectivity index (χ0n) is 15.8. The van der Waals surface area contributed by atoms with Crippen molar-refractivity contribution in [2.45, 2.75) is 46.0 Å². The van der Waals surface area contributed by atoms with E-state index in [0.717, 1.165) is 24.5 Å². The van der Waals surface area contributed by atoms with Gasteiger partial charge in [-0.05, 0) is 49.7 Å². The number of unbranched alkanes of at least 4 members (excludes halogenated alkanes) is 4. The van der Waals surface area contributed by atoms with Gasteiger partial charge >= 0.3 is 0 Å². The van der Waals surface area contributed by atoms with E-state index >= 15 is 0 Å². The Balaban J connectivity index is 1.81. The van der Waals surface area contributed by atoms with Gasteiger partial charge in [0, 0.05) is 17.3 Å². The van der Waals surface area contributed by atoms with Crippen LogP contribution in [0.25, 0.3) is 0 Å². The van der Waals surface area contributed by atoms with E-state index < -0.39 is 0 Å². The summed E-state index contributed by atoms with van der Waals surface area (Å²) in [5.74, 6) is 1.40. The van der Waals surface area contributed by atoms with E-state index in [-0.39, 0.29) is 5.91 Å². The summed E-state index contributed by atoms with van der Waals surface area (Å²) in [4.78, 5) is 12.4. The molecule has 0 aliphatic carbocycles. The molecule has 0 fully saturated rings. The molecule has 4 heteroatoms. The zero-order chi connectivity index (χ0) is 18.6. The Morgan fingerprint density at radius 1 is 0.885 bits per heavy atom. The summed E-state index contributed by atoms with van der Waals surface area (Å²) in [6, 6.07) is 14.6. The molecule has 2 aromatic rings. The van der Waals surface area contributed by atoms with Crippen LogP contribution >= 0.6 is 0 Å². The lowest BCUT2D eigenvalue weighted by molar-refractivity contribution is 0.102. The number of hydrogen-bond acceptors (Lipinski definition) is 3. The van der Waals surface area contributed by atoms with Crippen molar-refractivity contribution in [2.24, 2.45) is 0 Å². The first-order valence-electron chi connectivity index (χ1n) is 9.50. The van der Waals surface area contributed by atoms with Crippen molar-refractivity contribution in [1.82, 2.24) is 0 Å². The van der Waals surface area contributed by atoms with Gasteiger partial charge in [0.1, 0.15) is 11.5 Å². The first-order valence-corrected chi connectivity index (χ1v) is 9.50. The third kappa shape index (κ3) is 6.79. The SMILES string of the molecule is CCCCCCCOc1ccc(C(=O)Nc2cccc(OCC)c2)cc1. The molecule has 2 aromatic carbocycles. The molecule has 0 bridgehead atoms. The lowest BCUT2D eigenvalue weighted by Crippen LogP contribution is -2.11. The maximum Gasteiger partial charge on any atom is 0.255 e. The minimum atomic E-state index is -0.148. The number of amides is 1. The number of carbonyl (C=O) groups excluding carboxylic acids is 1. The Labute approximate surface area is 156 Å². The highest BCUT2D eigenvalue weighted by Crippen LogP contribution is 2.19. The highest BCUT2D eigenvalue weighted by atomic mass is 16.5. The van der Waals surface area contributed by atoms with Crippen molar-refractivity contribution in [3.05, 3.63) is 54.1 Å². The standard InChI is InChI=1S/C22H29NO3/c1-3-5-6-7-8-16-26-20-14-12-18(13-15-20)22(24)23-19-10-9-11-21(17-19)25-4-2/h9-15,17H,3-8,16H2,1-2H3,(H,23,24). The minimum Gasteiger partial charge on any atom is -0.494 e. The first-order chi connectivity index (χ1) is 12.7. The molecule has 0 aromatic heterocycles. The van der Waals surface area contributed by atoms with Crippen LogP contribution in [0.1, 0.15) is 56.3 Å². The summed E-state index contributed by atoms with van der Waals surface area (Å²) < 4.78 is 11.2. The molecule has 1 amide bonds. The number of anilines is 1. The molecule has 0 spiro atoms. The van der Waals surface area contributed by atoms with Crippen LogP contribution in [0.4, 0.5) is 5.69 Å². The monoisotopic (exact) mass is 355 g/mol. The van der Waals surface area contributed by atoms with Crippen molar-refractivity contribution >= 4 is 11.6 Å². The molecule has 140 valence electrons. The molecular formula is C22H29NO3. The normalized spacial score (nSPS) is 10.4. The summed E-state index contributed by atoms with van der Waals surface area (Å²) in [6.45, 7) is 5.46. The third-order valence-corrected chi connectivity index (χ3v) is 4.04. The van der Waals surface area contributed by atoms with Gasteiger partial charge in [-0.25, -0.2) is 0 Å². The van der Waals surface area contributed by atoms with E-state index in [9.17, 15) is 4.79 Å². The second-order valence-electron chi connectivity index (χ2n) is 6.20. The maximum absolute atomic E-state index is 12.4. The van der Waals surface area contributed by atoms with E-state index in [4.69, 9.17) is 9.47 Å². The molecule has 0 aliphatic rings. The van der Waals surface area contributed by atoms with Gasteiger partial charge in [0.25, 0.3) is 5.91 Å². The molecule has 1 N–H and O–H groups in total. The topological polar surface area (TPSA) is 47.6 Å². The Kier molecular flexibility index (Phi) is 8.53. The van der Waals surface area contributed by atoms with Gasteiger partial charge < -0.3 is 14.8 Å². The van der Waals surface area contributed by atoms with E-state index in [2.05, 4.69) is 12.2 Å². The predicted molar refractivity (Wildman–Crippen MR) is 106 cm³/mol. The van der Waals surface area contributed by atoms with Gasteiger partial charge in [0.15, 0.2) is 0 Å². The summed E-state index contributed by atoms with van der Waals surface area (Å²) in [5.41, 5.74) is 1.32. The highest BCUT2D eigenvalue weighted by Gasteiger charge is 2.07. The Hall–Kier alpha value is -2.49. The fourth-order valence-corrected chi connectivity index (χ4v) is 2.63. The van der Waals surface area contributed by atoms with Gasteiger partial charge in [-0.3, -0.25) is 4.79 Å². The van der Waals surface area contributed by atoms with Crippen LogP contribution in [0, 0.1) is 0 Å². The summed E-state index contributed by atoms with van der Waals surface area (Å²) in [5, 5.41) is 2.89. The fourth-order valence-electron chi connectivity index (χ4n) is 2.63. The number of benzene rings is 2. The van der Waals surface area contributed by atoms with Gasteiger partial charge in [-0.15, -0.1) is 0 Å². The number of hydrogen-bond donors (Lipinski definition) is 1. The van der Waals surface area contributed by atoms with Crippen molar-refractivity contribution in [3.63, 3.8) is 0 Å². The summed E-state index contributed by atoms with van der Waals surface area (Å²) in [6.07, 6.45) is 6.08. The van der Waals surface area contributed by atoms with Gasteiger partial charge in [-0.2, -0.15) is 0 Å². The number of nitrogens with one attached hydrogen (secondary N) is 1. The molecule has 0 radical (unpaired) electrons. The number of ether oxygens (including phenoxy) is 2. The van der Waals surface area contributed by atoms with Crippen molar-refractivity contribution in [2.75, 3.05) is 18.5 Å². The third-order valence-electron chi connectivity index (χ3n) is 4.04. The fraction of sp³-hybridized carbons (Fsp3) is 0.409. The van der Waals surface area contributed by atoms with Gasteiger partial charge in [0.2, 0.25) is 0 Å². The summed E-state index contributed by atoms with van der Waals surface area (Å²) in [7, 11) is 0. The largest absolute Gasteiger partial charge is 0.494 e. The molecular weight excluding hydrogens is 326 g/mol. The van der Waals surface area contributed by atoms with Crippen molar-refractivity contribution in [1.29, 1.82) is 0 Å². The van der Waals surface area contributed by atoms with Crippen LogP contribution in [-0.2, 0) is 0 Å². The molecule has 0 saturated carbocycles. The quantitative estimate of drug-likeness (QED) is 0.527. The van der Waals surface area contributed by atoms with Crippen molar-refractivity contribution in [3.8, 4) is 11.5 Å². The molecule has 0 unspecified atom stereocenters. The molecule has 26 heavy (non-hydrogen) atoms. The lowest BCUT2D eigenvalue weighted by Gasteiger charge is -2.09. The highest BCUT2D eigenvalue weighted by molar-refractivity contribution is 6.04. The van der Waals surface area contributed by atoms with Crippen LogP contribution in [-0.4, -0.2) is 19.1 Å². The molecule has 4 nitrogen and oxygen atoms in total. The smallest absolute Gasteiger partial charge is 0.255 e. The van der Waals surface area contributed by atoms with E-state index in [1.165, 1.54) is 25.7 Å². The van der Waals surface area contributed by atoms with E-state index in [1.54, 1.807) is 12.1 Å². The van der Waals surface area contributed by atoms with Crippen LogP contribution < -0.4 is 14.8 Å². The Morgan fingerprint density at radius 3 is 2.38 bits per heavy atom. The minimum absolute atomic E-state index is 0.148. The average Bonchev–Trinajstić information content (AvgIpc) is 2.65. The molecule has 2 rings (SSSR count). The second-order valence-corrected chi connectivity index (χ2v) is 6.20. The zero-order valence-corrected chi connectivity index (χ0v) is 15.8.